The normalized spacial score (nSPS) is 14.0. The molecule has 3 aromatic rings. The van der Waals surface area contributed by atoms with Gasteiger partial charge in [-0.15, -0.1) is 6.58 Å². The van der Waals surface area contributed by atoms with E-state index < -0.39 is 5.41 Å². The minimum Gasteiger partial charge on any atom is -0.324 e. The summed E-state index contributed by atoms with van der Waals surface area (Å²) < 4.78 is 0. The Labute approximate surface area is 186 Å². The molecule has 3 rings (SSSR count). The minimum atomic E-state index is -0.391. The Hall–Kier alpha value is -2.94. The summed E-state index contributed by atoms with van der Waals surface area (Å²) >= 11 is 0. The topological polar surface area (TPSA) is 42.0 Å². The predicted molar refractivity (Wildman–Crippen MR) is 131 cm³/mol. The lowest BCUT2D eigenvalue weighted by Crippen LogP contribution is -2.33. The lowest BCUT2D eigenvalue weighted by Gasteiger charge is -2.27. The molecule has 0 bridgehead atoms. The van der Waals surface area contributed by atoms with Gasteiger partial charge in [-0.05, 0) is 48.9 Å². The van der Waals surface area contributed by atoms with E-state index in [2.05, 4.69) is 74.0 Å². The van der Waals surface area contributed by atoms with Crippen molar-refractivity contribution in [1.82, 2.24) is 4.98 Å². The fraction of sp³-hybridized carbons (Fsp3) is 0.357. The maximum absolute atomic E-state index is 13.3. The Balaban J connectivity index is 1.88. The quantitative estimate of drug-likeness (QED) is 0.276. The number of fused-ring (bicyclic) bond motifs is 1. The summed E-state index contributed by atoms with van der Waals surface area (Å²) in [5.41, 5.74) is 3.73. The third-order valence-corrected chi connectivity index (χ3v) is 6.53. The highest BCUT2D eigenvalue weighted by atomic mass is 16.2. The van der Waals surface area contributed by atoms with E-state index in [4.69, 9.17) is 0 Å². The van der Waals surface area contributed by atoms with Crippen molar-refractivity contribution in [3.8, 4) is 0 Å². The van der Waals surface area contributed by atoms with Gasteiger partial charge < -0.3 is 5.32 Å². The van der Waals surface area contributed by atoms with Crippen molar-refractivity contribution in [2.24, 2.45) is 5.41 Å². The molecule has 0 fully saturated rings. The highest BCUT2D eigenvalue weighted by Gasteiger charge is 2.31. The van der Waals surface area contributed by atoms with Gasteiger partial charge in [0.25, 0.3) is 0 Å². The smallest absolute Gasteiger partial charge is 0.230 e. The lowest BCUT2D eigenvalue weighted by molar-refractivity contribution is -0.125. The molecule has 0 saturated heterocycles. The molecule has 2 unspecified atom stereocenters. The van der Waals surface area contributed by atoms with Crippen LogP contribution in [0.25, 0.3) is 10.9 Å². The SMILES string of the molecule is C=CCCCCC(C)(CC)C(=O)Nc1ccc(C(C)c2ccccc2)c2cccnc12. The number of nitrogens with one attached hydrogen (secondary N) is 1. The molecule has 162 valence electrons. The fourth-order valence-corrected chi connectivity index (χ4v) is 4.12. The summed E-state index contributed by atoms with van der Waals surface area (Å²) in [4.78, 5) is 17.9. The maximum Gasteiger partial charge on any atom is 0.230 e. The van der Waals surface area contributed by atoms with Gasteiger partial charge in [-0.3, -0.25) is 9.78 Å². The van der Waals surface area contributed by atoms with E-state index in [1.807, 2.05) is 24.3 Å². The number of benzene rings is 2. The first-order valence-corrected chi connectivity index (χ1v) is 11.3. The standard InChI is InChI=1S/C28H34N2O/c1-5-7-8-12-19-28(4,6-2)27(31)30-25-18-17-23(24-16-13-20-29-26(24)25)21(3)22-14-10-9-11-15-22/h5,9-11,13-18,20-21H,1,6-8,12,19H2,2-4H3,(H,30,31). The summed E-state index contributed by atoms with van der Waals surface area (Å²) in [6.45, 7) is 10.2. The molecule has 1 N–H and O–H groups in total. The van der Waals surface area contributed by atoms with E-state index in [9.17, 15) is 4.79 Å². The van der Waals surface area contributed by atoms with Crippen LogP contribution in [0.1, 0.15) is 69.9 Å². The molecular weight excluding hydrogens is 380 g/mol. The molecule has 0 spiro atoms. The molecule has 31 heavy (non-hydrogen) atoms. The van der Waals surface area contributed by atoms with Crippen molar-refractivity contribution in [3.63, 3.8) is 0 Å². The molecule has 0 aliphatic rings. The lowest BCUT2D eigenvalue weighted by atomic mass is 9.81. The molecule has 0 aliphatic carbocycles. The number of hydrogen-bond acceptors (Lipinski definition) is 2. The van der Waals surface area contributed by atoms with Crippen LogP contribution in [0.4, 0.5) is 5.69 Å². The van der Waals surface area contributed by atoms with Crippen LogP contribution in [-0.4, -0.2) is 10.9 Å². The average Bonchev–Trinajstić information content (AvgIpc) is 2.82. The molecule has 2 atom stereocenters. The molecule has 0 aliphatic heterocycles. The Morgan fingerprint density at radius 1 is 1.13 bits per heavy atom. The Kier molecular flexibility index (Phi) is 7.62. The predicted octanol–water partition coefficient (Wildman–Crippen LogP) is 7.49. The number of carbonyl (C=O) groups excluding carboxylic acids is 1. The zero-order valence-electron chi connectivity index (χ0n) is 19.0. The van der Waals surface area contributed by atoms with Crippen LogP contribution >= 0.6 is 0 Å². The van der Waals surface area contributed by atoms with Crippen LogP contribution < -0.4 is 5.32 Å². The third-order valence-electron chi connectivity index (χ3n) is 6.53. The van der Waals surface area contributed by atoms with E-state index in [0.29, 0.717) is 0 Å². The summed E-state index contributed by atoms with van der Waals surface area (Å²) in [5, 5.41) is 4.29. The number of carbonyl (C=O) groups is 1. The number of unbranched alkanes of at least 4 members (excludes halogenated alkanes) is 2. The first-order chi connectivity index (χ1) is 15.0. The molecular formula is C28H34N2O. The van der Waals surface area contributed by atoms with E-state index in [1.54, 1.807) is 6.20 Å². The first-order valence-electron chi connectivity index (χ1n) is 11.3. The van der Waals surface area contributed by atoms with Crippen molar-refractivity contribution in [2.75, 3.05) is 5.32 Å². The molecule has 1 aromatic heterocycles. The van der Waals surface area contributed by atoms with E-state index in [1.165, 1.54) is 11.1 Å². The van der Waals surface area contributed by atoms with E-state index in [0.717, 1.165) is 48.7 Å². The van der Waals surface area contributed by atoms with Gasteiger partial charge in [0.15, 0.2) is 0 Å². The maximum atomic E-state index is 13.3. The number of anilines is 1. The van der Waals surface area contributed by atoms with Crippen molar-refractivity contribution in [2.45, 2.75) is 58.8 Å². The van der Waals surface area contributed by atoms with Crippen LogP contribution in [0.15, 0.2) is 73.4 Å². The van der Waals surface area contributed by atoms with Gasteiger partial charge in [0.05, 0.1) is 11.2 Å². The van der Waals surface area contributed by atoms with Crippen LogP contribution in [0.3, 0.4) is 0 Å². The van der Waals surface area contributed by atoms with Crippen LogP contribution in [0, 0.1) is 5.41 Å². The molecule has 2 aromatic carbocycles. The highest BCUT2D eigenvalue weighted by molar-refractivity contribution is 6.03. The third kappa shape index (κ3) is 5.22. The number of amides is 1. The van der Waals surface area contributed by atoms with Crippen molar-refractivity contribution >= 4 is 22.5 Å². The van der Waals surface area contributed by atoms with Gasteiger partial charge in [-0.1, -0.05) is 75.7 Å². The number of pyridine rings is 1. The molecule has 1 heterocycles. The van der Waals surface area contributed by atoms with Crippen molar-refractivity contribution < 1.29 is 4.79 Å². The Morgan fingerprint density at radius 2 is 1.90 bits per heavy atom. The second kappa shape index (κ2) is 10.4. The minimum absolute atomic E-state index is 0.0735. The average molecular weight is 415 g/mol. The summed E-state index contributed by atoms with van der Waals surface area (Å²) in [5.74, 6) is 0.313. The number of allylic oxidation sites excluding steroid dienone is 1. The number of hydrogen-bond donors (Lipinski definition) is 1. The molecule has 3 nitrogen and oxygen atoms in total. The zero-order valence-corrected chi connectivity index (χ0v) is 19.0. The van der Waals surface area contributed by atoms with Crippen molar-refractivity contribution in [3.05, 3.63) is 84.6 Å². The summed E-state index contributed by atoms with van der Waals surface area (Å²) in [6.07, 6.45) is 8.51. The van der Waals surface area contributed by atoms with Gasteiger partial charge in [0, 0.05) is 22.9 Å². The second-order valence-electron chi connectivity index (χ2n) is 8.64. The first kappa shape index (κ1) is 22.7. The van der Waals surface area contributed by atoms with Crippen LogP contribution in [0.5, 0.6) is 0 Å². The highest BCUT2D eigenvalue weighted by Crippen LogP contribution is 2.35. The monoisotopic (exact) mass is 414 g/mol. The van der Waals surface area contributed by atoms with Crippen molar-refractivity contribution in [1.29, 1.82) is 0 Å². The largest absolute Gasteiger partial charge is 0.324 e. The fourth-order valence-electron chi connectivity index (χ4n) is 4.12. The van der Waals surface area contributed by atoms with Gasteiger partial charge in [0.2, 0.25) is 5.91 Å². The molecule has 1 amide bonds. The molecule has 0 radical (unpaired) electrons. The molecule has 3 heteroatoms. The second-order valence-corrected chi connectivity index (χ2v) is 8.64. The number of rotatable bonds is 10. The number of aromatic nitrogens is 1. The number of nitrogens with zero attached hydrogens (tertiary/aromatic N) is 1. The van der Waals surface area contributed by atoms with E-state index >= 15 is 0 Å². The van der Waals surface area contributed by atoms with Crippen LogP contribution in [0.2, 0.25) is 0 Å². The summed E-state index contributed by atoms with van der Waals surface area (Å²) in [6, 6.07) is 18.7. The zero-order chi connectivity index (χ0) is 22.3. The van der Waals surface area contributed by atoms with Gasteiger partial charge >= 0.3 is 0 Å². The Morgan fingerprint density at radius 3 is 2.61 bits per heavy atom. The van der Waals surface area contributed by atoms with Gasteiger partial charge in [-0.2, -0.15) is 0 Å². The van der Waals surface area contributed by atoms with Gasteiger partial charge in [0.1, 0.15) is 0 Å². The van der Waals surface area contributed by atoms with E-state index in [-0.39, 0.29) is 11.8 Å². The Bertz CT molecular complexity index is 1030. The van der Waals surface area contributed by atoms with Gasteiger partial charge in [-0.25, -0.2) is 0 Å². The van der Waals surface area contributed by atoms with Crippen LogP contribution in [-0.2, 0) is 4.79 Å². The summed E-state index contributed by atoms with van der Waals surface area (Å²) in [7, 11) is 0. The molecule has 0 saturated carbocycles.